The Kier molecular flexibility index (Phi) is 5.82. The van der Waals surface area contributed by atoms with Gasteiger partial charge in [0.05, 0.1) is 16.0 Å². The number of fused-ring (bicyclic) bond motifs is 1. The van der Waals surface area contributed by atoms with Crippen molar-refractivity contribution in [2.24, 2.45) is 5.92 Å². The molecule has 0 aliphatic carbocycles. The lowest BCUT2D eigenvalue weighted by Gasteiger charge is -2.12. The molecule has 0 spiro atoms. The Labute approximate surface area is 146 Å². The van der Waals surface area contributed by atoms with Crippen LogP contribution in [0, 0.1) is 5.92 Å². The van der Waals surface area contributed by atoms with Crippen LogP contribution in [-0.2, 0) is 9.84 Å². The number of amides is 2. The number of anilines is 1. The first-order valence-corrected chi connectivity index (χ1v) is 10.4. The maximum absolute atomic E-state index is 12.3. The van der Waals surface area contributed by atoms with Crippen molar-refractivity contribution in [1.29, 1.82) is 0 Å². The Morgan fingerprint density at radius 2 is 2.00 bits per heavy atom. The SMILES string of the molecule is CC[C@@H](C)NC(=O)Nc1ccc2nc(S(=O)(=O)CC(C)C)sc2c1. The number of nitrogens with zero attached hydrogens (tertiary/aromatic N) is 1. The molecule has 1 heterocycles. The quantitative estimate of drug-likeness (QED) is 0.813. The van der Waals surface area contributed by atoms with Gasteiger partial charge in [-0.1, -0.05) is 20.8 Å². The smallest absolute Gasteiger partial charge is 0.319 e. The molecule has 1 aromatic carbocycles. The van der Waals surface area contributed by atoms with Crippen LogP contribution in [0.4, 0.5) is 10.5 Å². The van der Waals surface area contributed by atoms with Crippen LogP contribution in [0.1, 0.15) is 34.1 Å². The number of aromatic nitrogens is 1. The van der Waals surface area contributed by atoms with Gasteiger partial charge in [0.1, 0.15) is 0 Å². The standard InChI is InChI=1S/C16H23N3O3S2/c1-5-11(4)17-15(20)18-12-6-7-13-14(8-12)23-16(19-13)24(21,22)9-10(2)3/h6-8,10-11H,5,9H2,1-4H3,(H2,17,18,20)/t11-/m1/s1. The molecule has 6 nitrogen and oxygen atoms in total. The zero-order valence-corrected chi connectivity index (χ0v) is 15.9. The number of benzene rings is 1. The van der Waals surface area contributed by atoms with Crippen molar-refractivity contribution in [3.05, 3.63) is 18.2 Å². The molecule has 2 amide bonds. The van der Waals surface area contributed by atoms with Gasteiger partial charge in [0.25, 0.3) is 0 Å². The van der Waals surface area contributed by atoms with E-state index in [1.54, 1.807) is 18.2 Å². The zero-order chi connectivity index (χ0) is 17.9. The van der Waals surface area contributed by atoms with Crippen LogP contribution < -0.4 is 10.6 Å². The summed E-state index contributed by atoms with van der Waals surface area (Å²) in [4.78, 5) is 16.1. The van der Waals surface area contributed by atoms with Crippen molar-refractivity contribution >= 4 is 43.1 Å². The molecular weight excluding hydrogens is 346 g/mol. The van der Waals surface area contributed by atoms with E-state index in [9.17, 15) is 13.2 Å². The van der Waals surface area contributed by atoms with E-state index in [1.807, 2.05) is 27.7 Å². The monoisotopic (exact) mass is 369 g/mol. The summed E-state index contributed by atoms with van der Waals surface area (Å²) in [5.74, 6) is 0.124. The van der Waals surface area contributed by atoms with Crippen molar-refractivity contribution in [3.63, 3.8) is 0 Å². The highest BCUT2D eigenvalue weighted by atomic mass is 32.2. The summed E-state index contributed by atoms with van der Waals surface area (Å²) in [7, 11) is -3.37. The Morgan fingerprint density at radius 3 is 2.62 bits per heavy atom. The normalized spacial score (nSPS) is 13.2. The number of hydrogen-bond acceptors (Lipinski definition) is 5. The molecule has 1 aromatic heterocycles. The molecule has 2 N–H and O–H groups in total. The minimum atomic E-state index is -3.37. The van der Waals surface area contributed by atoms with Crippen LogP contribution in [0.15, 0.2) is 22.5 Å². The Balaban J connectivity index is 2.21. The van der Waals surface area contributed by atoms with Crippen LogP contribution in [0.2, 0.25) is 0 Å². The first-order valence-electron chi connectivity index (χ1n) is 7.92. The predicted octanol–water partition coefficient (Wildman–Crippen LogP) is 3.65. The van der Waals surface area contributed by atoms with Gasteiger partial charge in [0.15, 0.2) is 0 Å². The average molecular weight is 370 g/mol. The maximum atomic E-state index is 12.3. The Hall–Kier alpha value is -1.67. The lowest BCUT2D eigenvalue weighted by molar-refractivity contribution is 0.249. The molecule has 8 heteroatoms. The van der Waals surface area contributed by atoms with Gasteiger partial charge in [-0.3, -0.25) is 0 Å². The molecular formula is C16H23N3O3S2. The van der Waals surface area contributed by atoms with Gasteiger partial charge in [-0.05, 0) is 37.5 Å². The molecule has 24 heavy (non-hydrogen) atoms. The first-order chi connectivity index (χ1) is 11.2. The van der Waals surface area contributed by atoms with Crippen molar-refractivity contribution in [2.45, 2.75) is 44.5 Å². The second-order valence-corrected chi connectivity index (χ2v) is 9.48. The van der Waals surface area contributed by atoms with E-state index in [2.05, 4.69) is 15.6 Å². The number of carbonyl (C=O) groups is 1. The highest BCUT2D eigenvalue weighted by Gasteiger charge is 2.21. The molecule has 132 valence electrons. The largest absolute Gasteiger partial charge is 0.335 e. The Bertz CT molecular complexity index is 828. The fourth-order valence-electron chi connectivity index (χ4n) is 2.12. The minimum absolute atomic E-state index is 0.0449. The van der Waals surface area contributed by atoms with Gasteiger partial charge in [-0.15, -0.1) is 11.3 Å². The number of carbonyl (C=O) groups excluding carboxylic acids is 1. The third kappa shape index (κ3) is 4.67. The van der Waals surface area contributed by atoms with E-state index in [0.717, 1.165) is 22.5 Å². The van der Waals surface area contributed by atoms with E-state index in [4.69, 9.17) is 0 Å². The van der Waals surface area contributed by atoms with Crippen LogP contribution in [-0.4, -0.2) is 31.2 Å². The molecule has 0 bridgehead atoms. The van der Waals surface area contributed by atoms with E-state index < -0.39 is 9.84 Å². The second-order valence-electron chi connectivity index (χ2n) is 6.25. The topological polar surface area (TPSA) is 88.2 Å². The fourth-order valence-corrected chi connectivity index (χ4v) is 5.09. The number of rotatable bonds is 6. The van der Waals surface area contributed by atoms with E-state index in [0.29, 0.717) is 11.2 Å². The number of sulfone groups is 1. The van der Waals surface area contributed by atoms with Crippen molar-refractivity contribution in [1.82, 2.24) is 10.3 Å². The van der Waals surface area contributed by atoms with E-state index >= 15 is 0 Å². The van der Waals surface area contributed by atoms with Gasteiger partial charge in [-0.25, -0.2) is 18.2 Å². The summed E-state index contributed by atoms with van der Waals surface area (Å²) in [6.07, 6.45) is 0.846. The van der Waals surface area contributed by atoms with Crippen LogP contribution in [0.3, 0.4) is 0 Å². The zero-order valence-electron chi connectivity index (χ0n) is 14.3. The molecule has 0 aliphatic heterocycles. The van der Waals surface area contributed by atoms with E-state index in [-0.39, 0.29) is 28.1 Å². The molecule has 1 atom stereocenters. The second kappa shape index (κ2) is 7.48. The molecule has 0 fully saturated rings. The number of urea groups is 1. The predicted molar refractivity (Wildman–Crippen MR) is 98.4 cm³/mol. The summed E-state index contributed by atoms with van der Waals surface area (Å²) < 4.78 is 25.5. The molecule has 0 radical (unpaired) electrons. The third-order valence-corrected chi connectivity index (χ3v) is 6.99. The molecule has 0 aliphatic rings. The van der Waals surface area contributed by atoms with Gasteiger partial charge in [0.2, 0.25) is 14.2 Å². The molecule has 0 unspecified atom stereocenters. The summed E-state index contributed by atoms with van der Waals surface area (Å²) in [6.45, 7) is 7.65. The summed E-state index contributed by atoms with van der Waals surface area (Å²) in [5, 5.41) is 5.58. The van der Waals surface area contributed by atoms with Crippen LogP contribution in [0.25, 0.3) is 10.2 Å². The molecule has 2 aromatic rings. The molecule has 0 saturated carbocycles. The van der Waals surface area contributed by atoms with Crippen molar-refractivity contribution in [2.75, 3.05) is 11.1 Å². The summed E-state index contributed by atoms with van der Waals surface area (Å²) >= 11 is 1.14. The highest BCUT2D eigenvalue weighted by molar-refractivity contribution is 7.93. The van der Waals surface area contributed by atoms with Gasteiger partial charge in [-0.2, -0.15) is 0 Å². The Morgan fingerprint density at radius 1 is 1.29 bits per heavy atom. The minimum Gasteiger partial charge on any atom is -0.335 e. The number of nitrogens with one attached hydrogen (secondary N) is 2. The summed E-state index contributed by atoms with van der Waals surface area (Å²) in [5.41, 5.74) is 1.23. The molecule has 2 rings (SSSR count). The number of thiazole rings is 1. The van der Waals surface area contributed by atoms with Crippen molar-refractivity contribution < 1.29 is 13.2 Å². The fraction of sp³-hybridized carbons (Fsp3) is 0.500. The average Bonchev–Trinajstić information content (AvgIpc) is 2.89. The van der Waals surface area contributed by atoms with Gasteiger partial charge >= 0.3 is 6.03 Å². The molecule has 0 saturated heterocycles. The van der Waals surface area contributed by atoms with Crippen LogP contribution in [0.5, 0.6) is 0 Å². The summed E-state index contributed by atoms with van der Waals surface area (Å²) in [6, 6.07) is 5.00. The lowest BCUT2D eigenvalue weighted by Crippen LogP contribution is -2.35. The lowest BCUT2D eigenvalue weighted by atomic mass is 10.2. The van der Waals surface area contributed by atoms with Gasteiger partial charge in [0, 0.05) is 11.7 Å². The third-order valence-electron chi connectivity index (χ3n) is 3.44. The highest BCUT2D eigenvalue weighted by Crippen LogP contribution is 2.29. The van der Waals surface area contributed by atoms with Crippen LogP contribution >= 0.6 is 11.3 Å². The maximum Gasteiger partial charge on any atom is 0.319 e. The van der Waals surface area contributed by atoms with Gasteiger partial charge < -0.3 is 10.6 Å². The van der Waals surface area contributed by atoms with E-state index in [1.165, 1.54) is 0 Å². The number of hydrogen-bond donors (Lipinski definition) is 2. The first kappa shape index (κ1) is 18.7. The van der Waals surface area contributed by atoms with Crippen molar-refractivity contribution in [3.8, 4) is 0 Å².